The summed E-state index contributed by atoms with van der Waals surface area (Å²) in [5, 5.41) is 7.15. The molecule has 0 radical (unpaired) electrons. The van der Waals surface area contributed by atoms with Gasteiger partial charge in [-0.3, -0.25) is 9.59 Å². The van der Waals surface area contributed by atoms with Gasteiger partial charge in [-0.1, -0.05) is 38.1 Å². The Balaban J connectivity index is 1.42. The standard InChI is InChI=1S/C30H24F6N4O2/c1-28(2)13-22-25(23(41)14-28)26(18-6-9-20(10-7-18)29(31,32)33)39-40(22)24-11-8-19(16-37-24)27(42)38-15-17-4-3-5-21(12-17)30(34,35)36/h3-12,16H,13-15H2,1-2H3,(H,38,42). The third-order valence-corrected chi connectivity index (χ3v) is 6.97. The van der Waals surface area contributed by atoms with E-state index in [1.165, 1.54) is 47.3 Å². The number of carbonyl (C=O) groups excluding carboxylic acids is 2. The highest BCUT2D eigenvalue weighted by Gasteiger charge is 2.38. The molecule has 12 heteroatoms. The molecule has 1 aliphatic rings. The van der Waals surface area contributed by atoms with E-state index in [2.05, 4.69) is 15.4 Å². The second kappa shape index (κ2) is 10.4. The molecular formula is C30H24F6N4O2. The molecule has 5 rings (SSSR count). The van der Waals surface area contributed by atoms with Gasteiger partial charge in [0, 0.05) is 24.7 Å². The number of Topliss-reactive ketones (excluding diaryl/α,β-unsaturated/α-hetero) is 1. The zero-order valence-corrected chi connectivity index (χ0v) is 22.4. The molecule has 2 aromatic carbocycles. The van der Waals surface area contributed by atoms with Gasteiger partial charge in [0.05, 0.1) is 27.9 Å². The monoisotopic (exact) mass is 586 g/mol. The van der Waals surface area contributed by atoms with Crippen LogP contribution in [0.1, 0.15) is 63.4 Å². The first-order valence-electron chi connectivity index (χ1n) is 12.9. The lowest BCUT2D eigenvalue weighted by atomic mass is 9.75. The molecule has 0 saturated heterocycles. The lowest BCUT2D eigenvalue weighted by molar-refractivity contribution is -0.138. The van der Waals surface area contributed by atoms with Crippen molar-refractivity contribution in [2.24, 2.45) is 5.41 Å². The topological polar surface area (TPSA) is 76.9 Å². The molecule has 0 unspecified atom stereocenters. The first-order valence-corrected chi connectivity index (χ1v) is 12.9. The van der Waals surface area contributed by atoms with Gasteiger partial charge in [0.15, 0.2) is 11.6 Å². The molecule has 218 valence electrons. The van der Waals surface area contributed by atoms with E-state index in [0.29, 0.717) is 23.2 Å². The molecule has 0 aliphatic heterocycles. The van der Waals surface area contributed by atoms with Gasteiger partial charge in [0.1, 0.15) is 5.69 Å². The summed E-state index contributed by atoms with van der Waals surface area (Å²) in [6.45, 7) is 3.72. The number of benzene rings is 2. The van der Waals surface area contributed by atoms with Crippen LogP contribution < -0.4 is 5.32 Å². The summed E-state index contributed by atoms with van der Waals surface area (Å²) < 4.78 is 79.7. The summed E-state index contributed by atoms with van der Waals surface area (Å²) in [4.78, 5) is 30.2. The molecule has 0 spiro atoms. The Kier molecular flexibility index (Phi) is 7.20. The number of halogens is 6. The van der Waals surface area contributed by atoms with E-state index in [9.17, 15) is 35.9 Å². The van der Waals surface area contributed by atoms with Crippen molar-refractivity contribution < 1.29 is 35.9 Å². The Bertz CT molecular complexity index is 1650. The molecule has 2 heterocycles. The van der Waals surface area contributed by atoms with Gasteiger partial charge in [-0.25, -0.2) is 9.67 Å². The van der Waals surface area contributed by atoms with E-state index in [1.807, 2.05) is 13.8 Å². The Morgan fingerprint density at radius 1 is 0.929 bits per heavy atom. The molecule has 0 bridgehead atoms. The third kappa shape index (κ3) is 5.93. The number of hydrogen-bond donors (Lipinski definition) is 1. The minimum atomic E-state index is -4.51. The van der Waals surface area contributed by atoms with Crippen LogP contribution in [0.4, 0.5) is 26.3 Å². The van der Waals surface area contributed by atoms with Crippen LogP contribution in [0.3, 0.4) is 0 Å². The molecule has 1 N–H and O–H groups in total. The van der Waals surface area contributed by atoms with Crippen LogP contribution in [-0.2, 0) is 25.3 Å². The van der Waals surface area contributed by atoms with E-state index in [4.69, 9.17) is 0 Å². The van der Waals surface area contributed by atoms with Crippen molar-refractivity contribution in [3.63, 3.8) is 0 Å². The van der Waals surface area contributed by atoms with Gasteiger partial charge >= 0.3 is 12.4 Å². The maximum Gasteiger partial charge on any atom is 0.416 e. The minimum absolute atomic E-state index is 0.134. The van der Waals surface area contributed by atoms with E-state index in [-0.39, 0.29) is 41.4 Å². The summed E-state index contributed by atoms with van der Waals surface area (Å²) in [7, 11) is 0. The average molecular weight is 587 g/mol. The number of aromatic nitrogens is 3. The fraction of sp³-hybridized carbons (Fsp3) is 0.267. The molecule has 0 saturated carbocycles. The second-order valence-corrected chi connectivity index (χ2v) is 10.9. The number of hydrogen-bond acceptors (Lipinski definition) is 4. The van der Waals surface area contributed by atoms with E-state index in [1.54, 1.807) is 0 Å². The summed E-state index contributed by atoms with van der Waals surface area (Å²) >= 11 is 0. The lowest BCUT2D eigenvalue weighted by Gasteiger charge is -2.29. The van der Waals surface area contributed by atoms with Crippen LogP contribution in [0.5, 0.6) is 0 Å². The number of nitrogens with zero attached hydrogens (tertiary/aromatic N) is 3. The first kappa shape index (κ1) is 29.0. The Morgan fingerprint density at radius 2 is 1.62 bits per heavy atom. The predicted molar refractivity (Wildman–Crippen MR) is 141 cm³/mol. The second-order valence-electron chi connectivity index (χ2n) is 10.9. The molecular weight excluding hydrogens is 562 g/mol. The third-order valence-electron chi connectivity index (χ3n) is 6.97. The van der Waals surface area contributed by atoms with Crippen LogP contribution in [-0.4, -0.2) is 26.5 Å². The average Bonchev–Trinajstić information content (AvgIpc) is 3.30. The summed E-state index contributed by atoms with van der Waals surface area (Å²) in [5.74, 6) is -0.465. The minimum Gasteiger partial charge on any atom is -0.348 e. The first-order chi connectivity index (χ1) is 19.6. The van der Waals surface area contributed by atoms with Gasteiger partial charge in [-0.05, 0) is 53.8 Å². The molecule has 42 heavy (non-hydrogen) atoms. The number of fused-ring (bicyclic) bond motifs is 1. The zero-order chi connectivity index (χ0) is 30.4. The predicted octanol–water partition coefficient (Wildman–Crippen LogP) is 7.06. The molecule has 0 fully saturated rings. The van der Waals surface area contributed by atoms with Crippen LogP contribution in [0.2, 0.25) is 0 Å². The molecule has 2 aromatic heterocycles. The van der Waals surface area contributed by atoms with Crippen molar-refractivity contribution >= 4 is 11.7 Å². The molecule has 0 atom stereocenters. The van der Waals surface area contributed by atoms with Gasteiger partial charge in [-0.2, -0.15) is 31.4 Å². The maximum atomic E-state index is 13.2. The normalized spacial score (nSPS) is 14.9. The Hall–Kier alpha value is -4.48. The SMILES string of the molecule is CC1(C)CC(=O)c2c(-c3ccc(C(F)(F)F)cc3)nn(-c3ccc(C(=O)NCc4cccc(C(F)(F)F)c4)cn3)c2C1. The van der Waals surface area contributed by atoms with E-state index >= 15 is 0 Å². The van der Waals surface area contributed by atoms with Gasteiger partial charge in [0.25, 0.3) is 5.91 Å². The number of carbonyl (C=O) groups is 2. The lowest BCUT2D eigenvalue weighted by Crippen LogP contribution is -2.28. The molecule has 1 amide bonds. The van der Waals surface area contributed by atoms with Gasteiger partial charge in [-0.15, -0.1) is 0 Å². The van der Waals surface area contributed by atoms with Crippen molar-refractivity contribution in [2.45, 2.75) is 45.6 Å². The van der Waals surface area contributed by atoms with E-state index in [0.717, 1.165) is 24.3 Å². The highest BCUT2D eigenvalue weighted by Crippen LogP contribution is 2.40. The number of rotatable bonds is 5. The van der Waals surface area contributed by atoms with Crippen LogP contribution >= 0.6 is 0 Å². The van der Waals surface area contributed by atoms with Crippen LogP contribution in [0, 0.1) is 5.41 Å². The van der Waals surface area contributed by atoms with Crippen molar-refractivity contribution in [2.75, 3.05) is 0 Å². The number of pyridine rings is 1. The highest BCUT2D eigenvalue weighted by molar-refractivity contribution is 6.04. The van der Waals surface area contributed by atoms with E-state index < -0.39 is 34.8 Å². The largest absolute Gasteiger partial charge is 0.416 e. The number of ketones is 1. The van der Waals surface area contributed by atoms with Crippen molar-refractivity contribution in [1.29, 1.82) is 0 Å². The Morgan fingerprint density at radius 3 is 2.24 bits per heavy atom. The fourth-order valence-electron chi connectivity index (χ4n) is 4.94. The quantitative estimate of drug-likeness (QED) is 0.254. The summed E-state index contributed by atoms with van der Waals surface area (Å²) in [6, 6.07) is 12.0. The van der Waals surface area contributed by atoms with Crippen LogP contribution in [0.25, 0.3) is 17.1 Å². The maximum absolute atomic E-state index is 13.2. The molecule has 1 aliphatic carbocycles. The van der Waals surface area contributed by atoms with Crippen molar-refractivity contribution in [3.05, 3.63) is 100 Å². The summed E-state index contributed by atoms with van der Waals surface area (Å²) in [5.41, 5.74) is -0.168. The molecule has 4 aromatic rings. The van der Waals surface area contributed by atoms with Crippen molar-refractivity contribution in [3.8, 4) is 17.1 Å². The number of amides is 1. The van der Waals surface area contributed by atoms with Crippen LogP contribution in [0.15, 0.2) is 66.9 Å². The van der Waals surface area contributed by atoms with Crippen molar-refractivity contribution in [1.82, 2.24) is 20.1 Å². The number of nitrogens with one attached hydrogen (secondary N) is 1. The van der Waals surface area contributed by atoms with Gasteiger partial charge in [0.2, 0.25) is 0 Å². The highest BCUT2D eigenvalue weighted by atomic mass is 19.4. The fourth-order valence-corrected chi connectivity index (χ4v) is 4.94. The summed E-state index contributed by atoms with van der Waals surface area (Å²) in [6.07, 6.45) is -7.06. The van der Waals surface area contributed by atoms with Gasteiger partial charge < -0.3 is 5.32 Å². The molecule has 6 nitrogen and oxygen atoms in total. The number of alkyl halides is 6. The smallest absolute Gasteiger partial charge is 0.348 e. The zero-order valence-electron chi connectivity index (χ0n) is 22.4. The Labute approximate surface area is 236 Å².